The zero-order valence-corrected chi connectivity index (χ0v) is 12.9. The molecule has 0 aromatic carbocycles. The highest BCUT2D eigenvalue weighted by Gasteiger charge is 2.22. The van der Waals surface area contributed by atoms with Gasteiger partial charge < -0.3 is 9.05 Å². The number of rotatable bonds is 10. The first-order valence-electron chi connectivity index (χ1n) is 6.29. The van der Waals surface area contributed by atoms with E-state index in [9.17, 15) is 0 Å². The molecule has 0 aromatic heterocycles. The van der Waals surface area contributed by atoms with Crippen molar-refractivity contribution >= 4 is 8.60 Å². The van der Waals surface area contributed by atoms with Gasteiger partial charge in [-0.05, 0) is 27.7 Å². The van der Waals surface area contributed by atoms with Gasteiger partial charge in [0.25, 0.3) is 0 Å². The Morgan fingerprint density at radius 3 is 1.68 bits per heavy atom. The van der Waals surface area contributed by atoms with Crippen LogP contribution in [0.4, 0.5) is 0 Å². The average molecular weight is 287 g/mol. The highest BCUT2D eigenvalue weighted by molar-refractivity contribution is 7.41. The summed E-state index contributed by atoms with van der Waals surface area (Å²) < 4.78 is 16.5. The molecule has 0 amide bonds. The molecule has 0 aliphatic rings. The van der Waals surface area contributed by atoms with E-state index < -0.39 is 8.60 Å². The second-order valence-electron chi connectivity index (χ2n) is 4.34. The standard InChI is InChI=1S/C12H22N3O3P/c1-11(2)15(12(3)4)18-19(16-9-5-7-13)17-10-6-8-14/h11-12H,5-6,9-10H2,1-4H3. The zero-order valence-electron chi connectivity index (χ0n) is 12.0. The lowest BCUT2D eigenvalue weighted by atomic mass is 10.3. The highest BCUT2D eigenvalue weighted by Crippen LogP contribution is 2.41. The third-order valence-corrected chi connectivity index (χ3v) is 3.11. The summed E-state index contributed by atoms with van der Waals surface area (Å²) in [4.78, 5) is 0. The van der Waals surface area contributed by atoms with Crippen LogP contribution in [0, 0.1) is 22.7 Å². The van der Waals surface area contributed by atoms with Gasteiger partial charge in [-0.25, -0.2) is 4.62 Å². The Kier molecular flexibility index (Phi) is 10.7. The van der Waals surface area contributed by atoms with Crippen LogP contribution in [0.3, 0.4) is 0 Å². The van der Waals surface area contributed by atoms with Gasteiger partial charge in [0.15, 0.2) is 0 Å². The molecule has 0 heterocycles. The predicted molar refractivity (Wildman–Crippen MR) is 72.5 cm³/mol. The molecule has 6 nitrogen and oxygen atoms in total. The van der Waals surface area contributed by atoms with Crippen molar-refractivity contribution < 1.29 is 13.7 Å². The fourth-order valence-electron chi connectivity index (χ4n) is 1.28. The molecule has 0 fully saturated rings. The van der Waals surface area contributed by atoms with Gasteiger partial charge in [0.1, 0.15) is 0 Å². The van der Waals surface area contributed by atoms with Crippen molar-refractivity contribution in [1.82, 2.24) is 5.06 Å². The molecule has 0 saturated heterocycles. The normalized spacial score (nSPS) is 11.3. The molecule has 0 aromatic rings. The largest absolute Gasteiger partial charge is 0.351 e. The van der Waals surface area contributed by atoms with Crippen LogP contribution < -0.4 is 0 Å². The van der Waals surface area contributed by atoms with Crippen LogP contribution in [0.5, 0.6) is 0 Å². The van der Waals surface area contributed by atoms with Crippen molar-refractivity contribution in [2.45, 2.75) is 52.6 Å². The fourth-order valence-corrected chi connectivity index (χ4v) is 2.46. The zero-order chi connectivity index (χ0) is 14.7. The smallest absolute Gasteiger partial charge is 0.310 e. The molecule has 0 aliphatic carbocycles. The summed E-state index contributed by atoms with van der Waals surface area (Å²) in [6.45, 7) is 8.57. The van der Waals surface area contributed by atoms with Crippen LogP contribution in [0.2, 0.25) is 0 Å². The Hall–Kier alpha value is -0.750. The molecule has 0 unspecified atom stereocenters. The van der Waals surface area contributed by atoms with Crippen LogP contribution in [0.25, 0.3) is 0 Å². The van der Waals surface area contributed by atoms with Crippen molar-refractivity contribution in [2.24, 2.45) is 0 Å². The molecular weight excluding hydrogens is 265 g/mol. The van der Waals surface area contributed by atoms with Gasteiger partial charge >= 0.3 is 8.60 Å². The lowest BCUT2D eigenvalue weighted by Gasteiger charge is -2.31. The van der Waals surface area contributed by atoms with Gasteiger partial charge in [0.05, 0.1) is 38.2 Å². The maximum Gasteiger partial charge on any atom is 0.351 e. The molecule has 0 saturated carbocycles. The summed E-state index contributed by atoms with van der Waals surface area (Å²) in [6.07, 6.45) is 0.570. The molecule has 0 N–H and O–H groups in total. The monoisotopic (exact) mass is 287 g/mol. The minimum absolute atomic E-state index is 0.184. The number of hydrogen-bond donors (Lipinski definition) is 0. The van der Waals surface area contributed by atoms with E-state index in [1.165, 1.54) is 0 Å². The highest BCUT2D eigenvalue weighted by atomic mass is 31.2. The third kappa shape index (κ3) is 8.88. The maximum absolute atomic E-state index is 8.49. The van der Waals surface area contributed by atoms with Crippen LogP contribution in [0.1, 0.15) is 40.5 Å². The maximum atomic E-state index is 8.49. The van der Waals surface area contributed by atoms with E-state index in [0.717, 1.165) is 0 Å². The second-order valence-corrected chi connectivity index (χ2v) is 5.46. The molecule has 19 heavy (non-hydrogen) atoms. The number of nitriles is 2. The van der Waals surface area contributed by atoms with Gasteiger partial charge in [-0.15, -0.1) is 0 Å². The van der Waals surface area contributed by atoms with E-state index in [0.29, 0.717) is 0 Å². The number of hydroxylamine groups is 2. The van der Waals surface area contributed by atoms with Crippen LogP contribution in [-0.2, 0) is 13.7 Å². The summed E-state index contributed by atoms with van der Waals surface area (Å²) in [5.41, 5.74) is 0. The van der Waals surface area contributed by atoms with Gasteiger partial charge in [-0.2, -0.15) is 15.6 Å². The van der Waals surface area contributed by atoms with Crippen molar-refractivity contribution in [1.29, 1.82) is 10.5 Å². The fraction of sp³-hybridized carbons (Fsp3) is 0.833. The van der Waals surface area contributed by atoms with Crippen molar-refractivity contribution in [2.75, 3.05) is 13.2 Å². The Morgan fingerprint density at radius 1 is 0.947 bits per heavy atom. The van der Waals surface area contributed by atoms with Crippen molar-refractivity contribution in [3.8, 4) is 12.1 Å². The number of nitrogens with zero attached hydrogens (tertiary/aromatic N) is 3. The summed E-state index contributed by atoms with van der Waals surface area (Å²) in [7, 11) is -1.56. The van der Waals surface area contributed by atoms with Gasteiger partial charge in [-0.3, -0.25) is 0 Å². The SMILES string of the molecule is CC(C)N(OP(OCCC#N)OCCC#N)C(C)C. The first-order chi connectivity index (χ1) is 9.02. The second kappa shape index (κ2) is 11.1. The van der Waals surface area contributed by atoms with Crippen molar-refractivity contribution in [3.63, 3.8) is 0 Å². The molecular formula is C12H22N3O3P. The van der Waals surface area contributed by atoms with E-state index >= 15 is 0 Å². The van der Waals surface area contributed by atoms with E-state index in [2.05, 4.69) is 0 Å². The molecule has 0 rings (SSSR count). The van der Waals surface area contributed by atoms with Crippen LogP contribution in [0.15, 0.2) is 0 Å². The van der Waals surface area contributed by atoms with E-state index in [4.69, 9.17) is 24.2 Å². The lowest BCUT2D eigenvalue weighted by Crippen LogP contribution is -2.35. The molecule has 108 valence electrons. The third-order valence-electron chi connectivity index (χ3n) is 2.00. The first-order valence-corrected chi connectivity index (χ1v) is 7.38. The summed E-state index contributed by atoms with van der Waals surface area (Å²) >= 11 is 0. The molecule has 0 spiro atoms. The minimum Gasteiger partial charge on any atom is -0.310 e. The van der Waals surface area contributed by atoms with E-state index in [-0.39, 0.29) is 38.1 Å². The summed E-state index contributed by atoms with van der Waals surface area (Å²) in [6, 6.07) is 4.36. The van der Waals surface area contributed by atoms with E-state index in [1.807, 2.05) is 39.8 Å². The summed E-state index contributed by atoms with van der Waals surface area (Å²) in [5, 5.41) is 18.8. The van der Waals surface area contributed by atoms with Crippen LogP contribution >= 0.6 is 8.60 Å². The molecule has 0 radical (unpaired) electrons. The quantitative estimate of drug-likeness (QED) is 0.349. The van der Waals surface area contributed by atoms with Gasteiger partial charge in [-0.1, -0.05) is 0 Å². The number of hydrogen-bond acceptors (Lipinski definition) is 6. The molecule has 0 atom stereocenters. The Bertz CT molecular complexity index is 284. The Labute approximate surface area is 116 Å². The van der Waals surface area contributed by atoms with Crippen molar-refractivity contribution in [3.05, 3.63) is 0 Å². The van der Waals surface area contributed by atoms with Gasteiger partial charge in [0.2, 0.25) is 0 Å². The molecule has 7 heteroatoms. The predicted octanol–water partition coefficient (Wildman–Crippen LogP) is 3.12. The minimum atomic E-state index is -1.56. The topological polar surface area (TPSA) is 78.5 Å². The summed E-state index contributed by atoms with van der Waals surface area (Å²) in [5.74, 6) is 0. The van der Waals surface area contributed by atoms with Crippen LogP contribution in [-0.4, -0.2) is 30.4 Å². The molecule has 0 bridgehead atoms. The lowest BCUT2D eigenvalue weighted by molar-refractivity contribution is -0.124. The Morgan fingerprint density at radius 2 is 1.37 bits per heavy atom. The van der Waals surface area contributed by atoms with E-state index in [1.54, 1.807) is 5.06 Å². The molecule has 0 aliphatic heterocycles. The Balaban J connectivity index is 4.36. The first kappa shape index (κ1) is 18.2. The average Bonchev–Trinajstić information content (AvgIpc) is 2.34. The van der Waals surface area contributed by atoms with Gasteiger partial charge in [0, 0.05) is 12.1 Å².